The van der Waals surface area contributed by atoms with Crippen molar-refractivity contribution < 1.29 is 13.5 Å². The number of rotatable bonds is 4. The van der Waals surface area contributed by atoms with Gasteiger partial charge in [-0.25, -0.2) is 13.1 Å². The second kappa shape index (κ2) is 5.61. The Kier molecular flexibility index (Phi) is 4.76. The third-order valence-corrected chi connectivity index (χ3v) is 5.47. The molecule has 1 atom stereocenters. The van der Waals surface area contributed by atoms with Crippen molar-refractivity contribution in [3.05, 3.63) is 27.8 Å². The SMILES string of the molecule is Cc1c(C)c(C)c(S(=O)(=O)NCC(C)O)c(C)c1C. The van der Waals surface area contributed by atoms with Crippen molar-refractivity contribution in [1.82, 2.24) is 4.72 Å². The number of benzene rings is 1. The van der Waals surface area contributed by atoms with E-state index < -0.39 is 16.1 Å². The number of hydrogen-bond donors (Lipinski definition) is 2. The first-order chi connectivity index (χ1) is 8.59. The Morgan fingerprint density at radius 1 is 0.947 bits per heavy atom. The standard InChI is InChI=1S/C14H23NO3S/c1-8(16)7-15-19(17,18)14-12(5)10(3)9(2)11(4)13(14)6/h8,15-16H,7H2,1-6H3. The Morgan fingerprint density at radius 2 is 1.32 bits per heavy atom. The third-order valence-electron chi connectivity index (χ3n) is 3.77. The number of aliphatic hydroxyl groups is 1. The molecule has 2 N–H and O–H groups in total. The molecule has 1 aromatic carbocycles. The topological polar surface area (TPSA) is 66.4 Å². The van der Waals surface area contributed by atoms with E-state index in [2.05, 4.69) is 4.72 Å². The van der Waals surface area contributed by atoms with Crippen LogP contribution in [-0.4, -0.2) is 26.2 Å². The highest BCUT2D eigenvalue weighted by Crippen LogP contribution is 2.29. The van der Waals surface area contributed by atoms with Gasteiger partial charge in [0.2, 0.25) is 10.0 Å². The van der Waals surface area contributed by atoms with E-state index in [-0.39, 0.29) is 6.54 Å². The quantitative estimate of drug-likeness (QED) is 0.888. The van der Waals surface area contributed by atoms with Crippen LogP contribution in [0.25, 0.3) is 0 Å². The fourth-order valence-electron chi connectivity index (χ4n) is 2.17. The maximum absolute atomic E-state index is 12.4. The highest BCUT2D eigenvalue weighted by atomic mass is 32.2. The van der Waals surface area contributed by atoms with Crippen molar-refractivity contribution >= 4 is 10.0 Å². The van der Waals surface area contributed by atoms with Crippen molar-refractivity contribution in [3.8, 4) is 0 Å². The summed E-state index contributed by atoms with van der Waals surface area (Å²) in [5.74, 6) is 0. The minimum atomic E-state index is -3.59. The van der Waals surface area contributed by atoms with Crippen LogP contribution in [-0.2, 0) is 10.0 Å². The van der Waals surface area contributed by atoms with Gasteiger partial charge in [0.25, 0.3) is 0 Å². The molecule has 0 radical (unpaired) electrons. The van der Waals surface area contributed by atoms with Gasteiger partial charge in [-0.1, -0.05) is 0 Å². The highest BCUT2D eigenvalue weighted by Gasteiger charge is 2.23. The maximum Gasteiger partial charge on any atom is 0.241 e. The molecule has 0 aliphatic carbocycles. The molecule has 0 spiro atoms. The van der Waals surface area contributed by atoms with E-state index in [4.69, 9.17) is 0 Å². The van der Waals surface area contributed by atoms with E-state index in [0.29, 0.717) is 4.90 Å². The normalized spacial score (nSPS) is 13.6. The summed E-state index contributed by atoms with van der Waals surface area (Å²) >= 11 is 0. The van der Waals surface area contributed by atoms with Crippen molar-refractivity contribution in [2.75, 3.05) is 6.54 Å². The van der Waals surface area contributed by atoms with Crippen molar-refractivity contribution in [3.63, 3.8) is 0 Å². The lowest BCUT2D eigenvalue weighted by molar-refractivity contribution is 0.198. The van der Waals surface area contributed by atoms with Gasteiger partial charge in [-0.05, 0) is 69.4 Å². The minimum absolute atomic E-state index is 0.0210. The van der Waals surface area contributed by atoms with Gasteiger partial charge in [0, 0.05) is 6.54 Å². The monoisotopic (exact) mass is 285 g/mol. The molecule has 0 bridgehead atoms. The summed E-state index contributed by atoms with van der Waals surface area (Å²) in [6.45, 7) is 11.1. The molecule has 0 aliphatic rings. The van der Waals surface area contributed by atoms with Gasteiger partial charge in [-0.2, -0.15) is 0 Å². The number of aliphatic hydroxyl groups excluding tert-OH is 1. The molecule has 1 aromatic rings. The average molecular weight is 285 g/mol. The fraction of sp³-hybridized carbons (Fsp3) is 0.571. The van der Waals surface area contributed by atoms with Crippen molar-refractivity contribution in [2.45, 2.75) is 52.5 Å². The van der Waals surface area contributed by atoms with E-state index in [0.717, 1.165) is 27.8 Å². The molecule has 5 heteroatoms. The van der Waals surface area contributed by atoms with Crippen LogP contribution in [0.5, 0.6) is 0 Å². The zero-order chi connectivity index (χ0) is 15.0. The van der Waals surface area contributed by atoms with Gasteiger partial charge in [0.05, 0.1) is 11.0 Å². The van der Waals surface area contributed by atoms with Crippen LogP contribution in [0.1, 0.15) is 34.7 Å². The summed E-state index contributed by atoms with van der Waals surface area (Å²) in [5, 5.41) is 9.23. The second-order valence-electron chi connectivity index (χ2n) is 5.16. The van der Waals surface area contributed by atoms with Crippen LogP contribution >= 0.6 is 0 Å². The predicted molar refractivity (Wildman–Crippen MR) is 77.0 cm³/mol. The first-order valence-electron chi connectivity index (χ1n) is 6.34. The van der Waals surface area contributed by atoms with E-state index in [1.165, 1.54) is 0 Å². The molecule has 108 valence electrons. The van der Waals surface area contributed by atoms with Gasteiger partial charge in [-0.15, -0.1) is 0 Å². The molecule has 0 saturated carbocycles. The Bertz CT molecular complexity index is 560. The Labute approximate surface area is 115 Å². The predicted octanol–water partition coefficient (Wildman–Crippen LogP) is 1.89. The average Bonchev–Trinajstić information content (AvgIpc) is 2.31. The van der Waals surface area contributed by atoms with Gasteiger partial charge >= 0.3 is 0 Å². The largest absolute Gasteiger partial charge is 0.392 e. The molecule has 0 aliphatic heterocycles. The van der Waals surface area contributed by atoms with Gasteiger partial charge in [-0.3, -0.25) is 0 Å². The van der Waals surface area contributed by atoms with Crippen LogP contribution in [0.15, 0.2) is 4.90 Å². The van der Waals surface area contributed by atoms with Crippen LogP contribution in [0, 0.1) is 34.6 Å². The fourth-order valence-corrected chi connectivity index (χ4v) is 3.89. The van der Waals surface area contributed by atoms with E-state index in [9.17, 15) is 13.5 Å². The van der Waals surface area contributed by atoms with E-state index in [1.54, 1.807) is 6.92 Å². The molecule has 0 heterocycles. The first-order valence-corrected chi connectivity index (χ1v) is 7.82. The van der Waals surface area contributed by atoms with Crippen LogP contribution < -0.4 is 4.72 Å². The molecular weight excluding hydrogens is 262 g/mol. The van der Waals surface area contributed by atoms with Crippen LogP contribution in [0.2, 0.25) is 0 Å². The molecular formula is C14H23NO3S. The Hall–Kier alpha value is -0.910. The molecule has 1 unspecified atom stereocenters. The minimum Gasteiger partial charge on any atom is -0.392 e. The van der Waals surface area contributed by atoms with E-state index >= 15 is 0 Å². The molecule has 4 nitrogen and oxygen atoms in total. The molecule has 19 heavy (non-hydrogen) atoms. The Morgan fingerprint density at radius 3 is 1.68 bits per heavy atom. The number of sulfonamides is 1. The van der Waals surface area contributed by atoms with Crippen LogP contribution in [0.3, 0.4) is 0 Å². The van der Waals surface area contributed by atoms with Gasteiger partial charge in [0.15, 0.2) is 0 Å². The van der Waals surface area contributed by atoms with Gasteiger partial charge in [0.1, 0.15) is 0 Å². The lowest BCUT2D eigenvalue weighted by atomic mass is 9.95. The molecule has 0 amide bonds. The lowest BCUT2D eigenvalue weighted by Gasteiger charge is -2.19. The second-order valence-corrected chi connectivity index (χ2v) is 6.86. The van der Waals surface area contributed by atoms with Gasteiger partial charge < -0.3 is 5.11 Å². The maximum atomic E-state index is 12.4. The summed E-state index contributed by atoms with van der Waals surface area (Å²) in [6.07, 6.45) is -0.706. The highest BCUT2D eigenvalue weighted by molar-refractivity contribution is 7.89. The van der Waals surface area contributed by atoms with Crippen LogP contribution in [0.4, 0.5) is 0 Å². The molecule has 0 aromatic heterocycles. The van der Waals surface area contributed by atoms with Crippen molar-refractivity contribution in [2.24, 2.45) is 0 Å². The molecule has 0 fully saturated rings. The summed E-state index contributed by atoms with van der Waals surface area (Å²) in [5.41, 5.74) is 4.68. The smallest absolute Gasteiger partial charge is 0.241 e. The Balaban J connectivity index is 3.43. The summed E-state index contributed by atoms with van der Waals surface area (Å²) in [4.78, 5) is 0.341. The van der Waals surface area contributed by atoms with E-state index in [1.807, 2.05) is 34.6 Å². The molecule has 0 saturated heterocycles. The zero-order valence-electron chi connectivity index (χ0n) is 12.5. The number of nitrogens with one attached hydrogen (secondary N) is 1. The third kappa shape index (κ3) is 3.16. The first kappa shape index (κ1) is 16.1. The lowest BCUT2D eigenvalue weighted by Crippen LogP contribution is -2.32. The summed E-state index contributed by atoms with van der Waals surface area (Å²) in [6, 6.07) is 0. The summed E-state index contributed by atoms with van der Waals surface area (Å²) < 4.78 is 27.2. The van der Waals surface area contributed by atoms with Crippen molar-refractivity contribution in [1.29, 1.82) is 0 Å². The number of hydrogen-bond acceptors (Lipinski definition) is 3. The zero-order valence-corrected chi connectivity index (χ0v) is 13.3. The summed E-state index contributed by atoms with van der Waals surface area (Å²) in [7, 11) is -3.59. The molecule has 1 rings (SSSR count).